The minimum absolute atomic E-state index is 0.0531. The molecule has 2 bridgehead atoms. The van der Waals surface area contributed by atoms with E-state index in [-0.39, 0.29) is 30.4 Å². The molecule has 4 unspecified atom stereocenters. The highest BCUT2D eigenvalue weighted by atomic mass is 16.5. The van der Waals surface area contributed by atoms with Crippen LogP contribution in [-0.4, -0.2) is 53.2 Å². The second-order valence-electron chi connectivity index (χ2n) is 9.99. The van der Waals surface area contributed by atoms with Crippen LogP contribution in [0.5, 0.6) is 0 Å². The van der Waals surface area contributed by atoms with Crippen LogP contribution in [0.4, 0.5) is 4.79 Å². The van der Waals surface area contributed by atoms with Gasteiger partial charge in [-0.15, -0.1) is 0 Å². The Morgan fingerprint density at radius 1 is 1.06 bits per heavy atom. The number of carbonyl (C=O) groups is 3. The van der Waals surface area contributed by atoms with Gasteiger partial charge in [0.05, 0.1) is 5.92 Å². The number of nitrogens with zero attached hydrogens (tertiary/aromatic N) is 1. The maximum Gasteiger partial charge on any atom is 0.407 e. The van der Waals surface area contributed by atoms with E-state index < -0.39 is 24.0 Å². The first-order valence-electron chi connectivity index (χ1n) is 12.6. The van der Waals surface area contributed by atoms with Crippen molar-refractivity contribution in [3.8, 4) is 11.1 Å². The van der Waals surface area contributed by atoms with Crippen LogP contribution in [0.1, 0.15) is 56.1 Å². The van der Waals surface area contributed by atoms with Gasteiger partial charge in [-0.25, -0.2) is 4.79 Å². The molecule has 35 heavy (non-hydrogen) atoms. The summed E-state index contributed by atoms with van der Waals surface area (Å²) in [6, 6.07) is 15.3. The number of hydrogen-bond donors (Lipinski definition) is 2. The monoisotopic (exact) mass is 476 g/mol. The number of alkyl carbamates (subject to hydrolysis) is 1. The summed E-state index contributed by atoms with van der Waals surface area (Å²) in [5.74, 6) is -1.40. The number of fused-ring (bicyclic) bond motifs is 6. The van der Waals surface area contributed by atoms with Gasteiger partial charge in [0.25, 0.3) is 0 Å². The van der Waals surface area contributed by atoms with Crippen LogP contribution in [0, 0.1) is 11.8 Å². The first-order valence-corrected chi connectivity index (χ1v) is 12.6. The molecule has 2 aromatic carbocycles. The first-order chi connectivity index (χ1) is 17.0. The Labute approximate surface area is 205 Å². The van der Waals surface area contributed by atoms with Gasteiger partial charge in [-0.1, -0.05) is 61.9 Å². The Morgan fingerprint density at radius 2 is 1.71 bits per heavy atom. The van der Waals surface area contributed by atoms with Crippen LogP contribution in [0.15, 0.2) is 48.5 Å². The topological polar surface area (TPSA) is 95.9 Å². The zero-order valence-electron chi connectivity index (χ0n) is 20.0. The van der Waals surface area contributed by atoms with E-state index in [9.17, 15) is 19.5 Å². The Bertz CT molecular complexity index is 1090. The lowest BCUT2D eigenvalue weighted by atomic mass is 9.72. The van der Waals surface area contributed by atoms with E-state index in [1.165, 1.54) is 0 Å². The van der Waals surface area contributed by atoms with Gasteiger partial charge in [0.15, 0.2) is 0 Å². The quantitative estimate of drug-likeness (QED) is 0.617. The van der Waals surface area contributed by atoms with Gasteiger partial charge in [0, 0.05) is 18.5 Å². The summed E-state index contributed by atoms with van der Waals surface area (Å²) in [5, 5.41) is 12.4. The number of ether oxygens (including phenoxy) is 1. The summed E-state index contributed by atoms with van der Waals surface area (Å²) in [7, 11) is 0. The SMILES string of the molecule is CCCC(NC(=O)OCC1c2ccccc2-c2ccccc21)C(=O)N1CC2CCC1C(C(=O)O)C2. The predicted octanol–water partition coefficient (Wildman–Crippen LogP) is 4.41. The lowest BCUT2D eigenvalue weighted by molar-refractivity contribution is -0.156. The van der Waals surface area contributed by atoms with Crippen LogP contribution in [-0.2, 0) is 14.3 Å². The molecule has 0 radical (unpaired) electrons. The van der Waals surface area contributed by atoms with Gasteiger partial charge in [-0.2, -0.15) is 0 Å². The lowest BCUT2D eigenvalue weighted by Gasteiger charge is -2.49. The number of rotatable bonds is 7. The van der Waals surface area contributed by atoms with Crippen LogP contribution < -0.4 is 5.32 Å². The number of carboxylic acid groups (broad SMARTS) is 1. The fourth-order valence-electron chi connectivity index (χ4n) is 6.24. The number of hydrogen-bond acceptors (Lipinski definition) is 4. The van der Waals surface area contributed by atoms with Crippen LogP contribution >= 0.6 is 0 Å². The van der Waals surface area contributed by atoms with Gasteiger partial charge < -0.3 is 20.1 Å². The van der Waals surface area contributed by atoms with E-state index in [1.807, 2.05) is 31.2 Å². The van der Waals surface area contributed by atoms with E-state index in [2.05, 4.69) is 29.6 Å². The minimum Gasteiger partial charge on any atom is -0.481 e. The Balaban J connectivity index is 1.25. The minimum atomic E-state index is -0.839. The molecule has 0 aromatic heterocycles. The van der Waals surface area contributed by atoms with Crippen LogP contribution in [0.3, 0.4) is 0 Å². The van der Waals surface area contributed by atoms with Crippen molar-refractivity contribution >= 4 is 18.0 Å². The van der Waals surface area contributed by atoms with Crippen molar-refractivity contribution in [1.29, 1.82) is 0 Å². The first kappa shape index (κ1) is 23.4. The molecule has 7 nitrogen and oxygen atoms in total. The second kappa shape index (κ2) is 9.72. The molecule has 2 heterocycles. The van der Waals surface area contributed by atoms with Crippen molar-refractivity contribution in [2.75, 3.05) is 13.2 Å². The number of nitrogens with one attached hydrogen (secondary N) is 1. The molecule has 7 heteroatoms. The number of carbonyl (C=O) groups excluding carboxylic acids is 2. The van der Waals surface area contributed by atoms with E-state index in [4.69, 9.17) is 4.74 Å². The largest absolute Gasteiger partial charge is 0.481 e. The number of piperidine rings is 2. The fourth-order valence-corrected chi connectivity index (χ4v) is 6.24. The molecule has 2 aliphatic heterocycles. The highest BCUT2D eigenvalue weighted by Gasteiger charge is 2.47. The predicted molar refractivity (Wildman–Crippen MR) is 131 cm³/mol. The third-order valence-corrected chi connectivity index (χ3v) is 7.89. The van der Waals surface area contributed by atoms with Crippen molar-refractivity contribution in [3.63, 3.8) is 0 Å². The summed E-state index contributed by atoms with van der Waals surface area (Å²) in [6.07, 6.45) is 2.87. The molecule has 0 spiro atoms. The molecule has 2 saturated heterocycles. The summed E-state index contributed by atoms with van der Waals surface area (Å²) in [6.45, 7) is 2.71. The van der Waals surface area contributed by atoms with Gasteiger partial charge in [0.1, 0.15) is 12.6 Å². The Morgan fingerprint density at radius 3 is 2.31 bits per heavy atom. The summed E-state index contributed by atoms with van der Waals surface area (Å²) >= 11 is 0. The molecule has 4 atom stereocenters. The Kier molecular flexibility index (Phi) is 6.50. The molecule has 1 saturated carbocycles. The zero-order valence-corrected chi connectivity index (χ0v) is 20.0. The molecule has 2 amide bonds. The van der Waals surface area contributed by atoms with Gasteiger partial charge in [-0.3, -0.25) is 9.59 Å². The van der Waals surface area contributed by atoms with Crippen molar-refractivity contribution in [2.24, 2.45) is 11.8 Å². The van der Waals surface area contributed by atoms with Crippen LogP contribution in [0.25, 0.3) is 11.1 Å². The van der Waals surface area contributed by atoms with Crippen molar-refractivity contribution in [2.45, 2.75) is 57.0 Å². The number of aliphatic carboxylic acids is 1. The highest BCUT2D eigenvalue weighted by molar-refractivity contribution is 5.87. The normalized spacial score (nSPS) is 23.3. The molecule has 2 aromatic rings. The standard InChI is InChI=1S/C28H32N2O5/c1-2-7-24(26(31)30-15-17-12-13-25(30)22(14-17)27(32)33)29-28(34)35-16-23-20-10-5-3-8-18(20)19-9-4-6-11-21(19)23/h3-6,8-11,17,22-25H,2,7,12-16H2,1H3,(H,29,34)(H,32,33). The molecule has 4 aliphatic rings. The lowest BCUT2D eigenvalue weighted by Crippen LogP contribution is -2.61. The van der Waals surface area contributed by atoms with Crippen molar-refractivity contribution in [3.05, 3.63) is 59.7 Å². The number of carboxylic acids is 1. The third kappa shape index (κ3) is 4.40. The average molecular weight is 477 g/mol. The number of benzene rings is 2. The van der Waals surface area contributed by atoms with E-state index in [0.29, 0.717) is 32.2 Å². The zero-order chi connectivity index (χ0) is 24.5. The van der Waals surface area contributed by atoms with Crippen molar-refractivity contribution in [1.82, 2.24) is 10.2 Å². The third-order valence-electron chi connectivity index (χ3n) is 7.89. The summed E-state index contributed by atoms with van der Waals surface area (Å²) in [5.41, 5.74) is 4.58. The summed E-state index contributed by atoms with van der Waals surface area (Å²) in [4.78, 5) is 39.7. The van der Waals surface area contributed by atoms with Gasteiger partial charge >= 0.3 is 12.1 Å². The average Bonchev–Trinajstić information content (AvgIpc) is 3.20. The molecule has 184 valence electrons. The number of amides is 2. The fraction of sp³-hybridized carbons (Fsp3) is 0.464. The Hall–Kier alpha value is -3.35. The molecule has 2 aliphatic carbocycles. The summed E-state index contributed by atoms with van der Waals surface area (Å²) < 4.78 is 5.66. The molecular weight excluding hydrogens is 444 g/mol. The van der Waals surface area contributed by atoms with E-state index in [1.54, 1.807) is 4.90 Å². The van der Waals surface area contributed by atoms with Crippen LogP contribution in [0.2, 0.25) is 0 Å². The second-order valence-corrected chi connectivity index (χ2v) is 9.99. The highest BCUT2D eigenvalue weighted by Crippen LogP contribution is 2.44. The smallest absolute Gasteiger partial charge is 0.407 e. The molecular formula is C28H32N2O5. The maximum absolute atomic E-state index is 13.4. The van der Waals surface area contributed by atoms with E-state index in [0.717, 1.165) is 28.7 Å². The van der Waals surface area contributed by atoms with E-state index >= 15 is 0 Å². The maximum atomic E-state index is 13.4. The van der Waals surface area contributed by atoms with Crippen molar-refractivity contribution < 1.29 is 24.2 Å². The molecule has 6 rings (SSSR count). The molecule has 3 fully saturated rings. The van der Waals surface area contributed by atoms with Gasteiger partial charge in [0.2, 0.25) is 5.91 Å². The van der Waals surface area contributed by atoms with Gasteiger partial charge in [-0.05, 0) is 53.9 Å². The molecule has 2 N–H and O–H groups in total.